The summed E-state index contributed by atoms with van der Waals surface area (Å²) >= 11 is 0. The Kier molecular flexibility index (Phi) is 4.77. The number of nitrogens with one attached hydrogen (secondary N) is 2. The number of nitrogen functional groups attached to an aromatic ring is 1. The van der Waals surface area contributed by atoms with E-state index in [0.717, 1.165) is 12.8 Å². The highest BCUT2D eigenvalue weighted by molar-refractivity contribution is 5.97. The third-order valence-corrected chi connectivity index (χ3v) is 4.48. The molecule has 0 aromatic carbocycles. The SMILES string of the molecule is CC(C)c1ncc(NN)c(C(=O)NC2CCC(C)C2C)n1. The minimum Gasteiger partial charge on any atom is -0.348 e. The fourth-order valence-corrected chi connectivity index (χ4v) is 2.76. The second kappa shape index (κ2) is 6.39. The van der Waals surface area contributed by atoms with Crippen molar-refractivity contribution in [3.05, 3.63) is 17.7 Å². The monoisotopic (exact) mass is 291 g/mol. The summed E-state index contributed by atoms with van der Waals surface area (Å²) in [5, 5.41) is 3.09. The number of amides is 1. The first-order valence-electron chi connectivity index (χ1n) is 7.58. The maximum Gasteiger partial charge on any atom is 0.272 e. The maximum atomic E-state index is 12.5. The molecule has 0 radical (unpaired) electrons. The molecule has 1 amide bonds. The number of carbonyl (C=O) groups is 1. The Hall–Kier alpha value is -1.69. The van der Waals surface area contributed by atoms with Crippen molar-refractivity contribution < 1.29 is 4.79 Å². The molecular formula is C15H25N5O. The van der Waals surface area contributed by atoms with Gasteiger partial charge >= 0.3 is 0 Å². The predicted molar refractivity (Wildman–Crippen MR) is 82.7 cm³/mol. The smallest absolute Gasteiger partial charge is 0.272 e. The van der Waals surface area contributed by atoms with E-state index >= 15 is 0 Å². The van der Waals surface area contributed by atoms with Crippen LogP contribution in [0.3, 0.4) is 0 Å². The lowest BCUT2D eigenvalue weighted by atomic mass is 9.98. The second-order valence-electron chi connectivity index (χ2n) is 6.28. The van der Waals surface area contributed by atoms with E-state index < -0.39 is 0 Å². The highest BCUT2D eigenvalue weighted by Gasteiger charge is 2.31. The Balaban J connectivity index is 2.19. The zero-order valence-electron chi connectivity index (χ0n) is 13.2. The van der Waals surface area contributed by atoms with Gasteiger partial charge in [-0.2, -0.15) is 0 Å². The molecule has 1 aliphatic carbocycles. The quantitative estimate of drug-likeness (QED) is 0.583. The van der Waals surface area contributed by atoms with E-state index in [1.165, 1.54) is 0 Å². The number of rotatable bonds is 4. The first-order valence-corrected chi connectivity index (χ1v) is 7.58. The highest BCUT2D eigenvalue weighted by atomic mass is 16.2. The predicted octanol–water partition coefficient (Wildman–Crippen LogP) is 2.05. The van der Waals surface area contributed by atoms with Crippen LogP contribution in [-0.2, 0) is 0 Å². The Morgan fingerprint density at radius 1 is 1.38 bits per heavy atom. The molecule has 21 heavy (non-hydrogen) atoms. The first-order chi connectivity index (χ1) is 9.93. The summed E-state index contributed by atoms with van der Waals surface area (Å²) < 4.78 is 0. The minimum absolute atomic E-state index is 0.161. The fourth-order valence-electron chi connectivity index (χ4n) is 2.76. The van der Waals surface area contributed by atoms with E-state index in [9.17, 15) is 4.79 Å². The lowest BCUT2D eigenvalue weighted by molar-refractivity contribution is 0.0922. The molecule has 1 saturated carbocycles. The van der Waals surface area contributed by atoms with Crippen LogP contribution in [-0.4, -0.2) is 21.9 Å². The van der Waals surface area contributed by atoms with Gasteiger partial charge in [-0.1, -0.05) is 27.7 Å². The van der Waals surface area contributed by atoms with Gasteiger partial charge in [0, 0.05) is 12.0 Å². The minimum atomic E-state index is -0.182. The zero-order valence-corrected chi connectivity index (χ0v) is 13.2. The van der Waals surface area contributed by atoms with E-state index in [2.05, 4.69) is 34.6 Å². The van der Waals surface area contributed by atoms with Crippen molar-refractivity contribution in [2.24, 2.45) is 17.7 Å². The van der Waals surface area contributed by atoms with Gasteiger partial charge in [0.05, 0.1) is 11.9 Å². The molecule has 0 aliphatic heterocycles. The molecule has 1 aliphatic rings. The van der Waals surface area contributed by atoms with Crippen molar-refractivity contribution in [3.8, 4) is 0 Å². The number of nitrogens with zero attached hydrogens (tertiary/aromatic N) is 2. The molecule has 3 atom stereocenters. The zero-order chi connectivity index (χ0) is 15.6. The maximum absolute atomic E-state index is 12.5. The van der Waals surface area contributed by atoms with E-state index in [4.69, 9.17) is 5.84 Å². The molecule has 0 spiro atoms. The van der Waals surface area contributed by atoms with Gasteiger partial charge in [0.15, 0.2) is 5.69 Å². The summed E-state index contributed by atoms with van der Waals surface area (Å²) in [5.41, 5.74) is 3.28. The molecule has 1 aromatic heterocycles. The number of anilines is 1. The van der Waals surface area contributed by atoms with Crippen molar-refractivity contribution in [3.63, 3.8) is 0 Å². The van der Waals surface area contributed by atoms with Crippen LogP contribution in [0.4, 0.5) is 5.69 Å². The van der Waals surface area contributed by atoms with Crippen LogP contribution in [0.15, 0.2) is 6.20 Å². The number of hydrogen-bond donors (Lipinski definition) is 3. The summed E-state index contributed by atoms with van der Waals surface area (Å²) in [6, 6.07) is 0.204. The number of carbonyl (C=O) groups excluding carboxylic acids is 1. The van der Waals surface area contributed by atoms with Gasteiger partial charge in [-0.25, -0.2) is 9.97 Å². The highest BCUT2D eigenvalue weighted by Crippen LogP contribution is 2.31. The average Bonchev–Trinajstić information content (AvgIpc) is 2.78. The third kappa shape index (κ3) is 3.32. The molecule has 1 heterocycles. The number of hydrogen-bond acceptors (Lipinski definition) is 5. The lowest BCUT2D eigenvalue weighted by Crippen LogP contribution is -2.38. The van der Waals surface area contributed by atoms with Crippen molar-refractivity contribution in [1.29, 1.82) is 0 Å². The van der Waals surface area contributed by atoms with Crippen molar-refractivity contribution in [2.45, 2.75) is 52.5 Å². The van der Waals surface area contributed by atoms with E-state index in [-0.39, 0.29) is 17.9 Å². The molecule has 6 heteroatoms. The molecule has 116 valence electrons. The molecule has 4 N–H and O–H groups in total. The Morgan fingerprint density at radius 2 is 2.10 bits per heavy atom. The average molecular weight is 291 g/mol. The van der Waals surface area contributed by atoms with Crippen molar-refractivity contribution >= 4 is 11.6 Å². The molecular weight excluding hydrogens is 266 g/mol. The molecule has 3 unspecified atom stereocenters. The van der Waals surface area contributed by atoms with Crippen LogP contribution >= 0.6 is 0 Å². The summed E-state index contributed by atoms with van der Waals surface area (Å²) in [5.74, 6) is 7.21. The van der Waals surface area contributed by atoms with Gasteiger partial charge in [0.2, 0.25) is 0 Å². The first kappa shape index (κ1) is 15.7. The van der Waals surface area contributed by atoms with E-state index in [1.54, 1.807) is 6.20 Å². The number of nitrogens with two attached hydrogens (primary N) is 1. The summed E-state index contributed by atoms with van der Waals surface area (Å²) in [7, 11) is 0. The van der Waals surface area contributed by atoms with Gasteiger partial charge < -0.3 is 10.7 Å². The lowest BCUT2D eigenvalue weighted by Gasteiger charge is -2.20. The third-order valence-electron chi connectivity index (χ3n) is 4.48. The van der Waals surface area contributed by atoms with Gasteiger partial charge in [0.25, 0.3) is 5.91 Å². The molecule has 1 fully saturated rings. The van der Waals surface area contributed by atoms with Crippen LogP contribution in [0.5, 0.6) is 0 Å². The summed E-state index contributed by atoms with van der Waals surface area (Å²) in [4.78, 5) is 21.1. The summed E-state index contributed by atoms with van der Waals surface area (Å²) in [6.45, 7) is 8.40. The fraction of sp³-hybridized carbons (Fsp3) is 0.667. The van der Waals surface area contributed by atoms with Crippen molar-refractivity contribution in [1.82, 2.24) is 15.3 Å². The Morgan fingerprint density at radius 3 is 2.62 bits per heavy atom. The Labute approximate surface area is 125 Å². The molecule has 2 rings (SSSR count). The number of hydrazine groups is 1. The summed E-state index contributed by atoms with van der Waals surface area (Å²) in [6.07, 6.45) is 3.73. The van der Waals surface area contributed by atoms with Crippen LogP contribution in [0.2, 0.25) is 0 Å². The number of aromatic nitrogens is 2. The standard InChI is InChI=1S/C15H25N5O/c1-8(2)14-17-7-12(20-16)13(19-14)15(21)18-11-6-5-9(3)10(11)4/h7-11,20H,5-6,16H2,1-4H3,(H,18,21). The molecule has 6 nitrogen and oxygen atoms in total. The second-order valence-corrected chi connectivity index (χ2v) is 6.28. The van der Waals surface area contributed by atoms with E-state index in [1.807, 2.05) is 13.8 Å². The van der Waals surface area contributed by atoms with Gasteiger partial charge in [0.1, 0.15) is 5.82 Å². The van der Waals surface area contributed by atoms with Crippen LogP contribution in [0, 0.1) is 11.8 Å². The van der Waals surface area contributed by atoms with Crippen LogP contribution in [0.1, 0.15) is 62.8 Å². The van der Waals surface area contributed by atoms with E-state index in [0.29, 0.717) is 29.0 Å². The van der Waals surface area contributed by atoms with Crippen LogP contribution in [0.25, 0.3) is 0 Å². The molecule has 0 bridgehead atoms. The van der Waals surface area contributed by atoms with Gasteiger partial charge in [-0.05, 0) is 24.7 Å². The molecule has 0 saturated heterocycles. The largest absolute Gasteiger partial charge is 0.348 e. The topological polar surface area (TPSA) is 92.9 Å². The van der Waals surface area contributed by atoms with Gasteiger partial charge in [-0.15, -0.1) is 0 Å². The normalized spacial score (nSPS) is 25.1. The Bertz CT molecular complexity index is 517. The molecule has 1 aromatic rings. The van der Waals surface area contributed by atoms with Crippen LogP contribution < -0.4 is 16.6 Å². The van der Waals surface area contributed by atoms with Crippen molar-refractivity contribution in [2.75, 3.05) is 5.43 Å². The van der Waals surface area contributed by atoms with Gasteiger partial charge in [-0.3, -0.25) is 10.6 Å².